The van der Waals surface area contributed by atoms with Crippen LogP contribution in [0.5, 0.6) is 0 Å². The van der Waals surface area contributed by atoms with Gasteiger partial charge in [0.05, 0.1) is 6.10 Å². The second-order valence-electron chi connectivity index (χ2n) is 7.11. The molecule has 1 amide bonds. The number of aliphatic hydroxyl groups is 1. The van der Waals surface area contributed by atoms with E-state index in [1.165, 1.54) is 19.3 Å². The monoisotopic (exact) mass is 281 g/mol. The second kappa shape index (κ2) is 6.05. The molecule has 3 nitrogen and oxygen atoms in total. The normalized spacial score (nSPS) is 37.3. The fourth-order valence-electron chi connectivity index (χ4n) is 4.10. The first-order chi connectivity index (χ1) is 9.53. The van der Waals surface area contributed by atoms with Crippen molar-refractivity contribution in [2.75, 3.05) is 13.1 Å². The maximum absolute atomic E-state index is 12.8. The predicted octanol–water partition coefficient (Wildman–Crippen LogP) is 3.36. The third kappa shape index (κ3) is 2.88. The molecule has 3 heteroatoms. The Kier molecular flexibility index (Phi) is 4.78. The Bertz CT molecular complexity index is 320. The number of hydrogen-bond acceptors (Lipinski definition) is 2. The Labute approximate surface area is 123 Å². The standard InChI is InChI=1S/C15H25NO2.C2H6/c1-14-4-7-15(8-5-14,9-6-14)13(18)16-10-2-12(17)3-11-16;1-2/h12,17H,2-11H2,1H3;1-2H3. The van der Waals surface area contributed by atoms with Crippen LogP contribution in [-0.2, 0) is 4.79 Å². The molecule has 4 fully saturated rings. The smallest absolute Gasteiger partial charge is 0.228 e. The molecule has 3 saturated carbocycles. The van der Waals surface area contributed by atoms with Crippen molar-refractivity contribution in [1.82, 2.24) is 4.90 Å². The number of carbonyl (C=O) groups excluding carboxylic acids is 1. The Morgan fingerprint density at radius 1 is 1.00 bits per heavy atom. The first-order valence-corrected chi connectivity index (χ1v) is 8.51. The van der Waals surface area contributed by atoms with Crippen LogP contribution in [0.1, 0.15) is 72.1 Å². The van der Waals surface area contributed by atoms with Crippen molar-refractivity contribution in [3.63, 3.8) is 0 Å². The highest BCUT2D eigenvalue weighted by molar-refractivity contribution is 5.83. The zero-order valence-electron chi connectivity index (χ0n) is 13.5. The average molecular weight is 281 g/mol. The Morgan fingerprint density at radius 3 is 1.90 bits per heavy atom. The lowest BCUT2D eigenvalue weighted by molar-refractivity contribution is -0.153. The van der Waals surface area contributed by atoms with Crippen molar-refractivity contribution in [2.24, 2.45) is 10.8 Å². The van der Waals surface area contributed by atoms with E-state index in [0.29, 0.717) is 11.3 Å². The van der Waals surface area contributed by atoms with Crippen molar-refractivity contribution in [2.45, 2.75) is 78.2 Å². The van der Waals surface area contributed by atoms with Crippen LogP contribution in [0.25, 0.3) is 0 Å². The third-order valence-electron chi connectivity index (χ3n) is 5.83. The van der Waals surface area contributed by atoms with Crippen LogP contribution in [0.3, 0.4) is 0 Å². The lowest BCUT2D eigenvalue weighted by Gasteiger charge is -2.52. The topological polar surface area (TPSA) is 40.5 Å². The Morgan fingerprint density at radius 2 is 1.45 bits per heavy atom. The minimum atomic E-state index is -0.187. The molecule has 4 rings (SSSR count). The lowest BCUT2D eigenvalue weighted by Crippen LogP contribution is -2.52. The summed E-state index contributed by atoms with van der Waals surface area (Å²) in [4.78, 5) is 14.8. The zero-order valence-corrected chi connectivity index (χ0v) is 13.5. The van der Waals surface area contributed by atoms with Crippen molar-refractivity contribution in [3.8, 4) is 0 Å². The first kappa shape index (κ1) is 15.8. The van der Waals surface area contributed by atoms with Gasteiger partial charge in [-0.1, -0.05) is 20.8 Å². The molecule has 1 saturated heterocycles. The summed E-state index contributed by atoms with van der Waals surface area (Å²) in [6.45, 7) is 7.91. The number of carbonyl (C=O) groups is 1. The number of fused-ring (bicyclic) bond motifs is 3. The summed E-state index contributed by atoms with van der Waals surface area (Å²) in [5, 5.41) is 9.54. The molecule has 0 spiro atoms. The van der Waals surface area contributed by atoms with Crippen molar-refractivity contribution in [3.05, 3.63) is 0 Å². The van der Waals surface area contributed by atoms with Crippen molar-refractivity contribution < 1.29 is 9.90 Å². The molecule has 3 aliphatic carbocycles. The van der Waals surface area contributed by atoms with E-state index < -0.39 is 0 Å². The highest BCUT2D eigenvalue weighted by Crippen LogP contribution is 2.57. The van der Waals surface area contributed by atoms with E-state index in [2.05, 4.69) is 6.92 Å². The summed E-state index contributed by atoms with van der Waals surface area (Å²) in [5.41, 5.74) is 0.500. The number of likely N-dealkylation sites (tertiary alicyclic amines) is 1. The fourth-order valence-corrected chi connectivity index (χ4v) is 4.10. The van der Waals surface area contributed by atoms with Gasteiger partial charge in [-0.3, -0.25) is 4.79 Å². The van der Waals surface area contributed by atoms with Gasteiger partial charge in [0.2, 0.25) is 5.91 Å². The van der Waals surface area contributed by atoms with E-state index in [4.69, 9.17) is 0 Å². The SMILES string of the molecule is CC.CC12CCC(C(=O)N3CCC(O)CC3)(CC1)CC2. The van der Waals surface area contributed by atoms with Gasteiger partial charge < -0.3 is 10.0 Å². The van der Waals surface area contributed by atoms with Crippen LogP contribution in [-0.4, -0.2) is 35.1 Å². The zero-order chi connectivity index (χ0) is 14.8. The summed E-state index contributed by atoms with van der Waals surface area (Å²) in [5.74, 6) is 0.399. The molecular formula is C17H31NO2. The number of rotatable bonds is 1. The summed E-state index contributed by atoms with van der Waals surface area (Å²) in [6.07, 6.45) is 8.33. The molecule has 0 aromatic rings. The van der Waals surface area contributed by atoms with Gasteiger partial charge in [-0.2, -0.15) is 0 Å². The van der Waals surface area contributed by atoms with Crippen LogP contribution < -0.4 is 0 Å². The maximum Gasteiger partial charge on any atom is 0.228 e. The summed E-state index contributed by atoms with van der Waals surface area (Å²) >= 11 is 0. The summed E-state index contributed by atoms with van der Waals surface area (Å²) in [6, 6.07) is 0. The quantitative estimate of drug-likeness (QED) is 0.800. The van der Waals surface area contributed by atoms with Crippen LogP contribution in [0.15, 0.2) is 0 Å². The second-order valence-corrected chi connectivity index (χ2v) is 7.11. The summed E-state index contributed by atoms with van der Waals surface area (Å²) in [7, 11) is 0. The van der Waals surface area contributed by atoms with E-state index in [9.17, 15) is 9.90 Å². The van der Waals surface area contributed by atoms with Gasteiger partial charge in [-0.25, -0.2) is 0 Å². The van der Waals surface area contributed by atoms with Crippen LogP contribution >= 0.6 is 0 Å². The van der Waals surface area contributed by atoms with Gasteiger partial charge in [0.25, 0.3) is 0 Å². The minimum absolute atomic E-state index is 0.0277. The molecule has 0 aromatic heterocycles. The molecule has 2 bridgehead atoms. The van der Waals surface area contributed by atoms with Gasteiger partial charge in [0.1, 0.15) is 0 Å². The van der Waals surface area contributed by atoms with E-state index in [-0.39, 0.29) is 11.5 Å². The first-order valence-electron chi connectivity index (χ1n) is 8.51. The molecule has 0 radical (unpaired) electrons. The average Bonchev–Trinajstić information content (AvgIpc) is 2.50. The molecule has 1 heterocycles. The molecular weight excluding hydrogens is 250 g/mol. The largest absolute Gasteiger partial charge is 0.393 e. The van der Waals surface area contributed by atoms with Gasteiger partial charge in [0, 0.05) is 18.5 Å². The number of aliphatic hydroxyl groups excluding tert-OH is 1. The lowest BCUT2D eigenvalue weighted by atomic mass is 9.54. The van der Waals surface area contributed by atoms with Crippen LogP contribution in [0, 0.1) is 10.8 Å². The van der Waals surface area contributed by atoms with Gasteiger partial charge in [-0.05, 0) is 56.8 Å². The van der Waals surface area contributed by atoms with Crippen LogP contribution in [0.4, 0.5) is 0 Å². The van der Waals surface area contributed by atoms with E-state index >= 15 is 0 Å². The van der Waals surface area contributed by atoms with Gasteiger partial charge in [0.15, 0.2) is 0 Å². The molecule has 0 unspecified atom stereocenters. The number of piperidine rings is 1. The predicted molar refractivity (Wildman–Crippen MR) is 81.4 cm³/mol. The Balaban J connectivity index is 0.000000704. The molecule has 1 N–H and O–H groups in total. The Hall–Kier alpha value is -0.570. The minimum Gasteiger partial charge on any atom is -0.393 e. The molecule has 4 aliphatic rings. The van der Waals surface area contributed by atoms with E-state index in [1.807, 2.05) is 18.7 Å². The summed E-state index contributed by atoms with van der Waals surface area (Å²) < 4.78 is 0. The van der Waals surface area contributed by atoms with Crippen molar-refractivity contribution >= 4 is 5.91 Å². The number of hydrogen-bond donors (Lipinski definition) is 1. The van der Waals surface area contributed by atoms with E-state index in [1.54, 1.807) is 0 Å². The highest BCUT2D eigenvalue weighted by atomic mass is 16.3. The molecule has 1 aliphatic heterocycles. The highest BCUT2D eigenvalue weighted by Gasteiger charge is 2.51. The fraction of sp³-hybridized carbons (Fsp3) is 0.941. The third-order valence-corrected chi connectivity index (χ3v) is 5.83. The molecule has 20 heavy (non-hydrogen) atoms. The van der Waals surface area contributed by atoms with Gasteiger partial charge >= 0.3 is 0 Å². The molecule has 116 valence electrons. The van der Waals surface area contributed by atoms with Gasteiger partial charge in [-0.15, -0.1) is 0 Å². The molecule has 0 aromatic carbocycles. The van der Waals surface area contributed by atoms with Crippen molar-refractivity contribution in [1.29, 1.82) is 0 Å². The number of nitrogens with zero attached hydrogens (tertiary/aromatic N) is 1. The maximum atomic E-state index is 12.8. The van der Waals surface area contributed by atoms with E-state index in [0.717, 1.165) is 45.2 Å². The molecule has 0 atom stereocenters. The number of amides is 1. The van der Waals surface area contributed by atoms with Crippen LogP contribution in [0.2, 0.25) is 0 Å².